The summed E-state index contributed by atoms with van der Waals surface area (Å²) in [4.78, 5) is 2.53. The Hall–Kier alpha value is -11.5. The molecule has 13 aromatic carbocycles. The first-order chi connectivity index (χ1) is 47.5. The van der Waals surface area contributed by atoms with Crippen LogP contribution in [-0.2, 0) is 10.8 Å². The van der Waals surface area contributed by atoms with E-state index in [1.54, 1.807) is 0 Å². The van der Waals surface area contributed by atoms with Crippen molar-refractivity contribution in [3.63, 3.8) is 0 Å². The molecular weight excluding hydrogens is 1170 g/mol. The molecular formula is C92H74N2O2. The van der Waals surface area contributed by atoms with E-state index in [1.807, 2.05) is 36.4 Å². The molecule has 0 fully saturated rings. The van der Waals surface area contributed by atoms with Gasteiger partial charge < -0.3 is 18.9 Å². The maximum Gasteiger partial charge on any atom is 0.119 e. The normalized spacial score (nSPS) is 15.0. The fourth-order valence-corrected chi connectivity index (χ4v) is 15.8. The van der Waals surface area contributed by atoms with Crippen LogP contribution in [0.4, 0.5) is 17.1 Å². The van der Waals surface area contributed by atoms with E-state index in [0.717, 1.165) is 95.0 Å². The van der Waals surface area contributed by atoms with Crippen molar-refractivity contribution in [3.05, 3.63) is 373 Å². The minimum absolute atomic E-state index is 0.435. The van der Waals surface area contributed by atoms with Gasteiger partial charge in [-0.25, -0.2) is 0 Å². The van der Waals surface area contributed by atoms with Crippen molar-refractivity contribution in [2.45, 2.75) is 49.4 Å². The summed E-state index contributed by atoms with van der Waals surface area (Å²) < 4.78 is 15.2. The van der Waals surface area contributed by atoms with Crippen LogP contribution >= 0.6 is 0 Å². The van der Waals surface area contributed by atoms with Gasteiger partial charge in [-0.1, -0.05) is 244 Å². The maximum absolute atomic E-state index is 6.41. The van der Waals surface area contributed by atoms with Crippen LogP contribution in [0, 0.1) is 0 Å². The quantitative estimate of drug-likeness (QED) is 0.0633. The molecule has 96 heavy (non-hydrogen) atoms. The van der Waals surface area contributed by atoms with Gasteiger partial charge in [-0.15, -0.1) is 0 Å². The SMILES string of the molecule is C=Cc1ccc(OCCCCC2(c3ccccc3)c3ccccc3-c3ccc(N(c4ccc(-c5ccc6c(c5)c5cc(-c7ccccc7)ccc5n6-c5ccccc5)cc4)c4ccc5c(c4)C(CCCCOc4ccc(C=C)cc4)(c4ccccc4)c4ccccc4-5)cc32)cc1. The van der Waals surface area contributed by atoms with Crippen LogP contribution in [0.25, 0.3) is 84.2 Å². The van der Waals surface area contributed by atoms with Crippen LogP contribution in [0.2, 0.25) is 0 Å². The Kier molecular flexibility index (Phi) is 16.0. The molecule has 0 bridgehead atoms. The number of ether oxygens (including phenoxy) is 2. The average Bonchev–Trinajstić information content (AvgIpc) is 1.56. The Balaban J connectivity index is 0.831. The number of fused-ring (bicyclic) bond motifs is 9. The highest BCUT2D eigenvalue weighted by Gasteiger charge is 2.46. The van der Waals surface area contributed by atoms with Crippen molar-refractivity contribution in [3.8, 4) is 61.7 Å². The monoisotopic (exact) mass is 1240 g/mol. The van der Waals surface area contributed by atoms with Crippen LogP contribution < -0.4 is 14.4 Å². The van der Waals surface area contributed by atoms with E-state index in [4.69, 9.17) is 9.47 Å². The van der Waals surface area contributed by atoms with Gasteiger partial charge in [0.1, 0.15) is 11.5 Å². The van der Waals surface area contributed by atoms with Crippen LogP contribution in [0.15, 0.2) is 329 Å². The second-order valence-electron chi connectivity index (χ2n) is 25.6. The second-order valence-corrected chi connectivity index (χ2v) is 25.6. The molecule has 16 rings (SSSR count). The molecule has 464 valence electrons. The molecule has 1 aromatic heterocycles. The number of para-hydroxylation sites is 1. The van der Waals surface area contributed by atoms with E-state index in [9.17, 15) is 0 Å². The third kappa shape index (κ3) is 10.7. The van der Waals surface area contributed by atoms with Crippen molar-refractivity contribution < 1.29 is 9.47 Å². The van der Waals surface area contributed by atoms with Crippen LogP contribution in [-0.4, -0.2) is 17.8 Å². The molecule has 4 nitrogen and oxygen atoms in total. The fourth-order valence-electron chi connectivity index (χ4n) is 15.8. The predicted octanol–water partition coefficient (Wildman–Crippen LogP) is 24.0. The van der Waals surface area contributed by atoms with Gasteiger partial charge in [0.2, 0.25) is 0 Å². The summed E-state index contributed by atoms with van der Waals surface area (Å²) in [5.41, 5.74) is 25.8. The summed E-state index contributed by atoms with van der Waals surface area (Å²) in [6.45, 7) is 9.15. The highest BCUT2D eigenvalue weighted by molar-refractivity contribution is 6.12. The van der Waals surface area contributed by atoms with E-state index in [2.05, 4.69) is 314 Å². The molecule has 0 spiro atoms. The summed E-state index contributed by atoms with van der Waals surface area (Å²) in [6.07, 6.45) is 9.27. The number of unbranched alkanes of at least 4 members (excludes halogenated alkanes) is 2. The molecule has 2 aliphatic carbocycles. The van der Waals surface area contributed by atoms with Crippen molar-refractivity contribution in [1.29, 1.82) is 0 Å². The first kappa shape index (κ1) is 59.5. The predicted molar refractivity (Wildman–Crippen MR) is 402 cm³/mol. The smallest absolute Gasteiger partial charge is 0.119 e. The van der Waals surface area contributed by atoms with Crippen molar-refractivity contribution in [1.82, 2.24) is 4.57 Å². The highest BCUT2D eigenvalue weighted by Crippen LogP contribution is 2.59. The zero-order valence-electron chi connectivity index (χ0n) is 54.0. The molecule has 0 radical (unpaired) electrons. The zero-order chi connectivity index (χ0) is 64.4. The molecule has 2 unspecified atom stereocenters. The van der Waals surface area contributed by atoms with Crippen molar-refractivity contribution in [2.75, 3.05) is 18.1 Å². The van der Waals surface area contributed by atoms with Gasteiger partial charge in [-0.05, 0) is 225 Å². The number of anilines is 3. The molecule has 0 N–H and O–H groups in total. The van der Waals surface area contributed by atoms with Crippen LogP contribution in [0.1, 0.15) is 83.0 Å². The van der Waals surface area contributed by atoms with E-state index in [0.29, 0.717) is 13.2 Å². The lowest BCUT2D eigenvalue weighted by atomic mass is 9.69. The first-order valence-electron chi connectivity index (χ1n) is 33.9. The Bertz CT molecular complexity index is 4930. The largest absolute Gasteiger partial charge is 0.494 e. The topological polar surface area (TPSA) is 26.6 Å². The summed E-state index contributed by atoms with van der Waals surface area (Å²) in [5, 5.41) is 2.44. The van der Waals surface area contributed by atoms with Gasteiger partial charge >= 0.3 is 0 Å². The average molecular weight is 1240 g/mol. The molecule has 0 saturated heterocycles. The number of hydrogen-bond donors (Lipinski definition) is 0. The van der Waals surface area contributed by atoms with Gasteiger partial charge in [0, 0.05) is 44.4 Å². The second kappa shape index (κ2) is 25.8. The Morgan fingerprint density at radius 1 is 0.323 bits per heavy atom. The summed E-state index contributed by atoms with van der Waals surface area (Å²) >= 11 is 0. The number of hydrogen-bond acceptors (Lipinski definition) is 3. The van der Waals surface area contributed by atoms with Gasteiger partial charge in [-0.2, -0.15) is 0 Å². The van der Waals surface area contributed by atoms with E-state index in [-0.39, 0.29) is 0 Å². The fraction of sp³-hybridized carbons (Fsp3) is 0.109. The van der Waals surface area contributed by atoms with Crippen molar-refractivity contribution in [2.24, 2.45) is 0 Å². The Labute approximate surface area is 564 Å². The Morgan fingerprint density at radius 2 is 0.708 bits per heavy atom. The molecule has 1 heterocycles. The summed E-state index contributed by atoms with van der Waals surface area (Å²) in [5.74, 6) is 1.76. The Morgan fingerprint density at radius 3 is 1.17 bits per heavy atom. The van der Waals surface area contributed by atoms with Crippen LogP contribution in [0.3, 0.4) is 0 Å². The van der Waals surface area contributed by atoms with E-state index in [1.165, 1.54) is 88.6 Å². The van der Waals surface area contributed by atoms with E-state index >= 15 is 0 Å². The van der Waals surface area contributed by atoms with E-state index < -0.39 is 10.8 Å². The minimum Gasteiger partial charge on any atom is -0.494 e. The lowest BCUT2D eigenvalue weighted by Crippen LogP contribution is -2.28. The number of rotatable bonds is 22. The molecule has 0 aliphatic heterocycles. The third-order valence-corrected chi connectivity index (χ3v) is 20.3. The van der Waals surface area contributed by atoms with Crippen LogP contribution in [0.5, 0.6) is 11.5 Å². The highest BCUT2D eigenvalue weighted by atomic mass is 16.5. The minimum atomic E-state index is -0.435. The van der Waals surface area contributed by atoms with Crippen molar-refractivity contribution >= 4 is 51.0 Å². The molecule has 14 aromatic rings. The lowest BCUT2D eigenvalue weighted by Gasteiger charge is -2.35. The molecule has 2 aliphatic rings. The number of benzene rings is 13. The molecule has 4 heteroatoms. The number of aromatic nitrogens is 1. The first-order valence-corrected chi connectivity index (χ1v) is 33.9. The van der Waals surface area contributed by atoms with Gasteiger partial charge in [0.05, 0.1) is 24.2 Å². The van der Waals surface area contributed by atoms with Gasteiger partial charge in [0.15, 0.2) is 0 Å². The maximum atomic E-state index is 6.41. The standard InChI is InChI=1S/C92H74N2O2/c1-3-65-37-49-77(50-38-65)95-59-23-21-57-91(71-27-11-6-12-28-71)85-35-19-17-33-79(85)81-53-47-75(63-87(81)91)93(74-45-41-68(42-46-74)70-44-56-90-84(62-70)83-61-69(67-25-9-5-10-26-67)43-55-89(83)94(90)73-31-15-8-16-32-73)76-48-54-82-80-34-18-20-36-86(80)92(88(82)64-76,72-29-13-7-14-30-72)58-22-24-60-96-78-51-39-66(4-2)40-52-78/h3-20,25-56,61-64H,1-2,21-24,57-60H2. The molecule has 0 amide bonds. The summed E-state index contributed by atoms with van der Waals surface area (Å²) in [6, 6.07) is 117. The molecule has 0 saturated carbocycles. The number of nitrogens with zero attached hydrogens (tertiary/aromatic N) is 2. The zero-order valence-corrected chi connectivity index (χ0v) is 54.0. The third-order valence-electron chi connectivity index (χ3n) is 20.3. The lowest BCUT2D eigenvalue weighted by molar-refractivity contribution is 0.301. The summed E-state index contributed by atoms with van der Waals surface area (Å²) in [7, 11) is 0. The van der Waals surface area contributed by atoms with Gasteiger partial charge in [-0.3, -0.25) is 0 Å². The van der Waals surface area contributed by atoms with Gasteiger partial charge in [0.25, 0.3) is 0 Å². The molecule has 2 atom stereocenters.